The van der Waals surface area contributed by atoms with Crippen LogP contribution in [-0.4, -0.2) is 32.4 Å². The Kier molecular flexibility index (Phi) is 4.04. The number of hydrogen-bond acceptors (Lipinski definition) is 5. The molecule has 0 radical (unpaired) electrons. The highest BCUT2D eigenvalue weighted by Gasteiger charge is 2.20. The Morgan fingerprint density at radius 1 is 1.56 bits per heavy atom. The summed E-state index contributed by atoms with van der Waals surface area (Å²) in [6.45, 7) is 1.20. The van der Waals surface area contributed by atoms with Crippen molar-refractivity contribution in [1.82, 2.24) is 0 Å². The van der Waals surface area contributed by atoms with E-state index >= 15 is 0 Å². The highest BCUT2D eigenvalue weighted by atomic mass is 16.5. The lowest BCUT2D eigenvalue weighted by Gasteiger charge is -2.14. The molecule has 0 bridgehead atoms. The predicted octanol–water partition coefficient (Wildman–Crippen LogP) is 1.61. The number of nitrogens with two attached hydrogens (primary N) is 1. The van der Waals surface area contributed by atoms with Crippen LogP contribution in [0.5, 0.6) is 5.75 Å². The summed E-state index contributed by atoms with van der Waals surface area (Å²) in [6.07, 6.45) is 2.13. The van der Waals surface area contributed by atoms with Gasteiger partial charge in [0.15, 0.2) is 0 Å². The Morgan fingerprint density at radius 2 is 2.39 bits per heavy atom. The second kappa shape index (κ2) is 5.73. The van der Waals surface area contributed by atoms with E-state index in [1.165, 1.54) is 7.11 Å². The van der Waals surface area contributed by atoms with E-state index < -0.39 is 5.97 Å². The van der Waals surface area contributed by atoms with Crippen LogP contribution in [0, 0.1) is 0 Å². The number of benzene rings is 1. The first-order chi connectivity index (χ1) is 8.72. The van der Waals surface area contributed by atoms with E-state index in [9.17, 15) is 4.79 Å². The van der Waals surface area contributed by atoms with E-state index in [-0.39, 0.29) is 11.7 Å². The van der Waals surface area contributed by atoms with Crippen molar-refractivity contribution < 1.29 is 19.0 Å². The molecule has 1 aromatic carbocycles. The van der Waals surface area contributed by atoms with E-state index in [2.05, 4.69) is 0 Å². The molecule has 1 aliphatic heterocycles. The summed E-state index contributed by atoms with van der Waals surface area (Å²) in [5.74, 6) is -0.0483. The van der Waals surface area contributed by atoms with Gasteiger partial charge in [-0.15, -0.1) is 0 Å². The van der Waals surface area contributed by atoms with Crippen molar-refractivity contribution in [1.29, 1.82) is 0 Å². The largest absolute Gasteiger partial charge is 0.490 e. The van der Waals surface area contributed by atoms with Crippen LogP contribution < -0.4 is 10.5 Å². The maximum absolute atomic E-state index is 11.6. The molecule has 2 rings (SSSR count). The van der Waals surface area contributed by atoms with Gasteiger partial charge in [-0.25, -0.2) is 4.79 Å². The van der Waals surface area contributed by atoms with Crippen molar-refractivity contribution in [3.63, 3.8) is 0 Å². The number of nitrogen functional groups attached to an aromatic ring is 1. The van der Waals surface area contributed by atoms with Crippen molar-refractivity contribution in [2.45, 2.75) is 18.9 Å². The molecule has 0 spiro atoms. The second-order valence-corrected chi connectivity index (χ2v) is 4.16. The molecule has 1 aromatic rings. The van der Waals surface area contributed by atoms with Gasteiger partial charge in [0.25, 0.3) is 0 Å². The summed E-state index contributed by atoms with van der Waals surface area (Å²) in [5, 5.41) is 0. The number of anilines is 1. The summed E-state index contributed by atoms with van der Waals surface area (Å²) >= 11 is 0. The van der Waals surface area contributed by atoms with Gasteiger partial charge in [0.1, 0.15) is 17.9 Å². The summed E-state index contributed by atoms with van der Waals surface area (Å²) in [4.78, 5) is 11.6. The Labute approximate surface area is 106 Å². The van der Waals surface area contributed by atoms with Gasteiger partial charge in [-0.2, -0.15) is 0 Å². The SMILES string of the molecule is COC(=O)c1c(N)cccc1OCC1CCCO1. The Bertz CT molecular complexity index is 427. The third-order valence-electron chi connectivity index (χ3n) is 2.90. The molecule has 0 aliphatic carbocycles. The number of carbonyl (C=O) groups is 1. The van der Waals surface area contributed by atoms with Crippen molar-refractivity contribution in [2.24, 2.45) is 0 Å². The van der Waals surface area contributed by atoms with Crippen molar-refractivity contribution in [2.75, 3.05) is 26.1 Å². The fourth-order valence-corrected chi connectivity index (χ4v) is 1.95. The first-order valence-electron chi connectivity index (χ1n) is 5.93. The summed E-state index contributed by atoms with van der Waals surface area (Å²) in [7, 11) is 1.32. The number of carbonyl (C=O) groups excluding carboxylic acids is 1. The van der Waals surface area contributed by atoms with Gasteiger partial charge in [0, 0.05) is 12.3 Å². The molecule has 1 aliphatic rings. The normalized spacial score (nSPS) is 18.6. The molecule has 18 heavy (non-hydrogen) atoms. The zero-order valence-corrected chi connectivity index (χ0v) is 10.3. The van der Waals surface area contributed by atoms with Crippen molar-refractivity contribution >= 4 is 11.7 Å². The van der Waals surface area contributed by atoms with Crippen LogP contribution in [0.15, 0.2) is 18.2 Å². The molecule has 0 aromatic heterocycles. The summed E-state index contributed by atoms with van der Waals surface area (Å²) in [5.41, 5.74) is 6.40. The highest BCUT2D eigenvalue weighted by Crippen LogP contribution is 2.26. The molecule has 1 saturated heterocycles. The molecule has 1 heterocycles. The van der Waals surface area contributed by atoms with Crippen LogP contribution in [0.2, 0.25) is 0 Å². The Balaban J connectivity index is 2.11. The average molecular weight is 251 g/mol. The zero-order valence-electron chi connectivity index (χ0n) is 10.3. The summed E-state index contributed by atoms with van der Waals surface area (Å²) in [6, 6.07) is 5.09. The van der Waals surface area contributed by atoms with Gasteiger partial charge >= 0.3 is 5.97 Å². The first kappa shape index (κ1) is 12.7. The van der Waals surface area contributed by atoms with E-state index in [4.69, 9.17) is 19.9 Å². The van der Waals surface area contributed by atoms with Gasteiger partial charge in [-0.05, 0) is 25.0 Å². The number of hydrogen-bond donors (Lipinski definition) is 1. The maximum atomic E-state index is 11.6. The fourth-order valence-electron chi connectivity index (χ4n) is 1.95. The van der Waals surface area contributed by atoms with Gasteiger partial charge in [-0.1, -0.05) is 6.07 Å². The van der Waals surface area contributed by atoms with E-state index in [0.29, 0.717) is 18.0 Å². The smallest absolute Gasteiger partial charge is 0.343 e. The molecule has 98 valence electrons. The van der Waals surface area contributed by atoms with E-state index in [1.807, 2.05) is 0 Å². The van der Waals surface area contributed by atoms with E-state index in [1.54, 1.807) is 18.2 Å². The van der Waals surface area contributed by atoms with Crippen LogP contribution in [0.3, 0.4) is 0 Å². The molecule has 1 fully saturated rings. The molecule has 2 N–H and O–H groups in total. The molecular weight excluding hydrogens is 234 g/mol. The van der Waals surface area contributed by atoms with Gasteiger partial charge in [0.05, 0.1) is 13.2 Å². The Morgan fingerprint density at radius 3 is 3.06 bits per heavy atom. The lowest BCUT2D eigenvalue weighted by molar-refractivity contribution is 0.0569. The Hall–Kier alpha value is -1.75. The molecule has 1 atom stereocenters. The highest BCUT2D eigenvalue weighted by molar-refractivity contribution is 5.98. The fraction of sp³-hybridized carbons (Fsp3) is 0.462. The van der Waals surface area contributed by atoms with Crippen LogP contribution >= 0.6 is 0 Å². The third kappa shape index (κ3) is 2.73. The maximum Gasteiger partial charge on any atom is 0.343 e. The van der Waals surface area contributed by atoms with Crippen molar-refractivity contribution in [3.05, 3.63) is 23.8 Å². The number of rotatable bonds is 4. The molecular formula is C13H17NO4. The van der Waals surface area contributed by atoms with Crippen LogP contribution in [0.4, 0.5) is 5.69 Å². The third-order valence-corrected chi connectivity index (χ3v) is 2.90. The minimum absolute atomic E-state index is 0.0944. The molecule has 1 unspecified atom stereocenters. The summed E-state index contributed by atoms with van der Waals surface area (Å²) < 4.78 is 15.8. The van der Waals surface area contributed by atoms with Crippen molar-refractivity contribution in [3.8, 4) is 5.75 Å². The van der Waals surface area contributed by atoms with Crippen LogP contribution in [0.25, 0.3) is 0 Å². The van der Waals surface area contributed by atoms with Gasteiger partial charge in [0.2, 0.25) is 0 Å². The molecule has 0 amide bonds. The van der Waals surface area contributed by atoms with E-state index in [0.717, 1.165) is 19.4 Å². The lowest BCUT2D eigenvalue weighted by Crippen LogP contribution is -2.18. The van der Waals surface area contributed by atoms with Crippen LogP contribution in [0.1, 0.15) is 23.2 Å². The van der Waals surface area contributed by atoms with Gasteiger partial charge < -0.3 is 19.9 Å². The number of ether oxygens (including phenoxy) is 3. The first-order valence-corrected chi connectivity index (χ1v) is 5.93. The number of methoxy groups -OCH3 is 1. The lowest BCUT2D eigenvalue weighted by atomic mass is 10.1. The molecule has 5 nitrogen and oxygen atoms in total. The standard InChI is InChI=1S/C13H17NO4/c1-16-13(15)12-10(14)5-2-6-11(12)18-8-9-4-3-7-17-9/h2,5-6,9H,3-4,7-8,14H2,1H3. The molecule has 5 heteroatoms. The predicted molar refractivity (Wildman–Crippen MR) is 66.7 cm³/mol. The number of esters is 1. The van der Waals surface area contributed by atoms with Crippen LogP contribution in [-0.2, 0) is 9.47 Å². The monoisotopic (exact) mass is 251 g/mol. The minimum Gasteiger partial charge on any atom is -0.490 e. The quantitative estimate of drug-likeness (QED) is 0.650. The average Bonchev–Trinajstić information content (AvgIpc) is 2.88. The molecule has 0 saturated carbocycles. The zero-order chi connectivity index (χ0) is 13.0. The van der Waals surface area contributed by atoms with Gasteiger partial charge in [-0.3, -0.25) is 0 Å². The second-order valence-electron chi connectivity index (χ2n) is 4.16. The topological polar surface area (TPSA) is 70.8 Å². The minimum atomic E-state index is -0.490.